The fraction of sp³-hybridized carbons (Fsp3) is 0.284. The Balaban J connectivity index is 0.000000449. The van der Waals surface area contributed by atoms with E-state index in [9.17, 15) is 0 Å². The fourth-order valence-corrected chi connectivity index (χ4v) is 11.2. The van der Waals surface area contributed by atoms with Gasteiger partial charge in [0.25, 0.3) is 0 Å². The molecular formula is C81H96Hf2N6-8. The third-order valence-electron chi connectivity index (χ3n) is 15.6. The van der Waals surface area contributed by atoms with E-state index in [1.165, 1.54) is 66.1 Å². The Labute approximate surface area is 576 Å². The van der Waals surface area contributed by atoms with Crippen LogP contribution in [0.15, 0.2) is 200 Å². The summed E-state index contributed by atoms with van der Waals surface area (Å²) < 4.78 is 0. The van der Waals surface area contributed by atoms with E-state index in [1.807, 2.05) is 18.2 Å². The molecule has 0 spiro atoms. The zero-order valence-electron chi connectivity index (χ0n) is 56.3. The molecule has 2 aromatic heterocycles. The largest absolute Gasteiger partial charge is 0.681 e. The summed E-state index contributed by atoms with van der Waals surface area (Å²) in [6.07, 6.45) is 0. The summed E-state index contributed by atoms with van der Waals surface area (Å²) in [6, 6.07) is 70.7. The Bertz CT molecular complexity index is 3730. The van der Waals surface area contributed by atoms with Crippen LogP contribution in [0, 0.1) is 29.7 Å². The quantitative estimate of drug-likeness (QED) is 0.0597. The summed E-state index contributed by atoms with van der Waals surface area (Å²) in [7, 11) is 0. The van der Waals surface area contributed by atoms with Crippen LogP contribution in [-0.2, 0) is 71.3 Å². The van der Waals surface area contributed by atoms with Gasteiger partial charge < -0.3 is 51.0 Å². The number of fused-ring (bicyclic) bond motifs is 2. The Morgan fingerprint density at radius 2 is 0.775 bits per heavy atom. The second kappa shape index (κ2) is 35.3. The van der Waals surface area contributed by atoms with Gasteiger partial charge in [-0.15, -0.1) is 35.7 Å². The molecule has 0 amide bonds. The Hall–Kier alpha value is -6.32. The molecule has 2 heterocycles. The van der Waals surface area contributed by atoms with Gasteiger partial charge in [0.2, 0.25) is 0 Å². The molecule has 0 fully saturated rings. The first kappa shape index (κ1) is 76.9. The molecule has 0 aliphatic rings. The van der Waals surface area contributed by atoms with Crippen LogP contribution in [0.2, 0.25) is 0 Å². The van der Waals surface area contributed by atoms with E-state index in [2.05, 4.69) is 272 Å². The summed E-state index contributed by atoms with van der Waals surface area (Å²) >= 11 is 0. The predicted octanol–water partition coefficient (Wildman–Crippen LogP) is 25.1. The van der Waals surface area contributed by atoms with Crippen molar-refractivity contribution in [2.75, 3.05) is 0 Å². The molecule has 1 unspecified atom stereocenters. The van der Waals surface area contributed by atoms with Crippen molar-refractivity contribution in [1.82, 2.24) is 9.97 Å². The summed E-state index contributed by atoms with van der Waals surface area (Å²) in [5.41, 5.74) is 19.3. The molecule has 8 aromatic carbocycles. The standard InChI is InChI=1S/C44H45N3.C33H39N3.4CH3.2Hf/c1-29(2)35-19-12-13-21-39(35)44(47-43-36(30(3)4)22-14-23-37(43)31(5)6)41-25-15-24-40(46-41)42-33(28-45-34-17-8-7-9-18-34)27-26-32-16-10-11-20-38(32)42;1-22(2)27-15-11-16-28(23(3)4)32(27)34-21-26-13-10-17-30(36-26)31-25(20-35-33(5,6)7)19-18-24-12-8-9-14-29(24)31;;;;;;/h7-27,29-31,44H,28H2,1-6H3;8-19,22-23H,20-21H2,1-7H3;4*1H3;;/q2*-2;4*-1;;. The van der Waals surface area contributed by atoms with Gasteiger partial charge in [-0.05, 0) is 87.0 Å². The van der Waals surface area contributed by atoms with Crippen LogP contribution in [0.4, 0.5) is 17.1 Å². The van der Waals surface area contributed by atoms with Gasteiger partial charge in [0.1, 0.15) is 0 Å². The van der Waals surface area contributed by atoms with Crippen molar-refractivity contribution >= 4 is 38.6 Å². The minimum Gasteiger partial charge on any atom is -0.681 e. The molecule has 466 valence electrons. The van der Waals surface area contributed by atoms with E-state index < -0.39 is 0 Å². The number of para-hydroxylation sites is 3. The van der Waals surface area contributed by atoms with Crippen LogP contribution in [0.5, 0.6) is 0 Å². The van der Waals surface area contributed by atoms with Crippen LogP contribution in [0.1, 0.15) is 182 Å². The molecule has 89 heavy (non-hydrogen) atoms. The Morgan fingerprint density at radius 3 is 1.28 bits per heavy atom. The smallest absolute Gasteiger partial charge is 0.0713 e. The number of nitrogens with zero attached hydrogens (tertiary/aromatic N) is 6. The first-order chi connectivity index (χ1) is 39.9. The molecule has 0 saturated carbocycles. The van der Waals surface area contributed by atoms with Crippen molar-refractivity contribution in [2.24, 2.45) is 0 Å². The summed E-state index contributed by atoms with van der Waals surface area (Å²) in [5.74, 6) is 1.89. The van der Waals surface area contributed by atoms with Gasteiger partial charge in [0.05, 0.1) is 11.4 Å². The molecule has 6 nitrogen and oxygen atoms in total. The second-order valence-corrected chi connectivity index (χ2v) is 24.6. The van der Waals surface area contributed by atoms with Crippen molar-refractivity contribution < 1.29 is 51.7 Å². The molecule has 0 radical (unpaired) electrons. The molecule has 10 aromatic rings. The zero-order chi connectivity index (χ0) is 58.8. The second-order valence-electron chi connectivity index (χ2n) is 24.6. The van der Waals surface area contributed by atoms with Crippen molar-refractivity contribution in [2.45, 2.75) is 151 Å². The average Bonchev–Trinajstić information content (AvgIpc) is 3.12. The van der Waals surface area contributed by atoms with Crippen LogP contribution in [0.25, 0.3) is 65.3 Å². The normalized spacial score (nSPS) is 11.3. The number of hydrogen-bond acceptors (Lipinski definition) is 2. The summed E-state index contributed by atoms with van der Waals surface area (Å²) in [4.78, 5) is 10.6. The van der Waals surface area contributed by atoms with Gasteiger partial charge in [-0.2, -0.15) is 0 Å². The average molecular weight is 1510 g/mol. The first-order valence-corrected chi connectivity index (χ1v) is 30.0. The van der Waals surface area contributed by atoms with Gasteiger partial charge in [-0.25, -0.2) is 0 Å². The number of rotatable bonds is 19. The van der Waals surface area contributed by atoms with Gasteiger partial charge in [-0.3, -0.25) is 9.97 Å². The van der Waals surface area contributed by atoms with E-state index >= 15 is 0 Å². The monoisotopic (exact) mass is 1510 g/mol. The third-order valence-corrected chi connectivity index (χ3v) is 15.6. The molecule has 1 atom stereocenters. The molecule has 0 saturated heterocycles. The van der Waals surface area contributed by atoms with E-state index in [1.54, 1.807) is 0 Å². The topological polar surface area (TPSA) is 82.2 Å². The van der Waals surface area contributed by atoms with E-state index in [0.717, 1.165) is 51.0 Å². The van der Waals surface area contributed by atoms with Crippen molar-refractivity contribution in [3.05, 3.63) is 307 Å². The summed E-state index contributed by atoms with van der Waals surface area (Å²) in [5, 5.41) is 25.5. The van der Waals surface area contributed by atoms with Crippen LogP contribution < -0.4 is 0 Å². The molecular weight excluding hydrogens is 1410 g/mol. The Morgan fingerprint density at radius 1 is 0.360 bits per heavy atom. The third kappa shape index (κ3) is 19.1. The zero-order valence-corrected chi connectivity index (χ0v) is 63.5. The molecule has 0 aliphatic carbocycles. The first-order valence-electron chi connectivity index (χ1n) is 30.0. The SMILES string of the molecule is CC(C)c1cccc(C(C)C)c1[N-]Cc1cccc(-c2c(C[N-]C(C)(C)C)ccc3ccccc23)n1.CC(C)c1ccccc1C([N-]c1c(C(C)C)cccc1C(C)C)c1cccc(-c2c(C[N-]c3ccccc3)ccc3ccccc23)n1.[CH3-].[CH3-].[CH3-].[CH3-].[Hf].[Hf]. The van der Waals surface area contributed by atoms with Crippen molar-refractivity contribution in [3.8, 4) is 22.5 Å². The maximum absolute atomic E-state index is 5.70. The number of benzene rings is 8. The van der Waals surface area contributed by atoms with E-state index in [-0.39, 0.29) is 93.0 Å². The minimum absolute atomic E-state index is 0. The fourth-order valence-electron chi connectivity index (χ4n) is 11.2. The van der Waals surface area contributed by atoms with Gasteiger partial charge in [0.15, 0.2) is 0 Å². The Kier molecular flexibility index (Phi) is 30.5. The maximum atomic E-state index is 5.70. The maximum Gasteiger partial charge on any atom is 0.0713 e. The number of aromatic nitrogens is 2. The number of hydrogen-bond donors (Lipinski definition) is 0. The minimum atomic E-state index is -0.265. The predicted molar refractivity (Wildman–Crippen MR) is 381 cm³/mol. The summed E-state index contributed by atoms with van der Waals surface area (Å²) in [6.45, 7) is 30.8. The molecule has 10 rings (SSSR count). The van der Waals surface area contributed by atoms with Gasteiger partial charge >= 0.3 is 0 Å². The van der Waals surface area contributed by atoms with Crippen LogP contribution >= 0.6 is 0 Å². The van der Waals surface area contributed by atoms with Crippen LogP contribution in [0.3, 0.4) is 0 Å². The van der Waals surface area contributed by atoms with E-state index in [4.69, 9.17) is 31.2 Å². The van der Waals surface area contributed by atoms with Crippen molar-refractivity contribution in [3.63, 3.8) is 0 Å². The van der Waals surface area contributed by atoms with Gasteiger partial charge in [0, 0.05) is 74.2 Å². The van der Waals surface area contributed by atoms with E-state index in [0.29, 0.717) is 49.2 Å². The molecule has 0 N–H and O–H groups in total. The van der Waals surface area contributed by atoms with Crippen molar-refractivity contribution in [1.29, 1.82) is 0 Å². The molecule has 8 heteroatoms. The molecule has 0 bridgehead atoms. The van der Waals surface area contributed by atoms with Gasteiger partial charge in [-0.1, -0.05) is 311 Å². The van der Waals surface area contributed by atoms with Crippen LogP contribution in [-0.4, -0.2) is 15.5 Å². The molecule has 0 aliphatic heterocycles. The number of pyridine rings is 2.